The highest BCUT2D eigenvalue weighted by molar-refractivity contribution is 7.91. The average Bonchev–Trinajstić information content (AvgIpc) is 3.10. The predicted octanol–water partition coefficient (Wildman–Crippen LogP) is 2.31. The van der Waals surface area contributed by atoms with Crippen molar-refractivity contribution in [1.82, 2.24) is 15.6 Å². The van der Waals surface area contributed by atoms with Crippen molar-refractivity contribution in [3.63, 3.8) is 0 Å². The second kappa shape index (κ2) is 10.4. The first-order chi connectivity index (χ1) is 14.5. The van der Waals surface area contributed by atoms with Crippen LogP contribution in [0.5, 0.6) is 0 Å². The molecular formula is C18H20F2N4O5S2. The van der Waals surface area contributed by atoms with Crippen LogP contribution in [0.2, 0.25) is 0 Å². The molecule has 1 aromatic carbocycles. The quantitative estimate of drug-likeness (QED) is 0.478. The van der Waals surface area contributed by atoms with E-state index in [1.165, 1.54) is 6.92 Å². The topological polar surface area (TPSA) is 134 Å². The maximum atomic E-state index is 12.1. The van der Waals surface area contributed by atoms with Gasteiger partial charge >= 0.3 is 6.03 Å². The third-order valence-corrected chi connectivity index (χ3v) is 5.96. The van der Waals surface area contributed by atoms with E-state index in [1.807, 2.05) is 5.32 Å². The summed E-state index contributed by atoms with van der Waals surface area (Å²) in [6.45, 7) is 0.520. The van der Waals surface area contributed by atoms with Crippen LogP contribution in [0.3, 0.4) is 0 Å². The molecule has 0 aliphatic rings. The molecule has 0 aliphatic carbocycles. The SMILES string of the molecule is CC(=O)c1ccc(-c2sc(NC(=O)NCCC(=O)NCC(F)F)nc2S(C)(=O)=O)cc1. The maximum absolute atomic E-state index is 12.1. The molecule has 0 spiro atoms. The number of urea groups is 1. The van der Waals surface area contributed by atoms with E-state index in [0.29, 0.717) is 16.0 Å². The fraction of sp³-hybridized carbons (Fsp3) is 0.333. The molecule has 0 fully saturated rings. The second-order valence-corrected chi connectivity index (χ2v) is 9.32. The number of nitrogens with one attached hydrogen (secondary N) is 3. The van der Waals surface area contributed by atoms with E-state index in [9.17, 15) is 31.6 Å². The Labute approximate surface area is 181 Å². The van der Waals surface area contributed by atoms with E-state index in [2.05, 4.69) is 15.6 Å². The third kappa shape index (κ3) is 7.36. The van der Waals surface area contributed by atoms with Gasteiger partial charge in [-0.3, -0.25) is 14.9 Å². The molecule has 0 unspecified atom stereocenters. The highest BCUT2D eigenvalue weighted by atomic mass is 32.2. The normalized spacial score (nSPS) is 11.3. The summed E-state index contributed by atoms with van der Waals surface area (Å²) in [6.07, 6.45) is -1.89. The molecule has 9 nitrogen and oxygen atoms in total. The largest absolute Gasteiger partial charge is 0.350 e. The summed E-state index contributed by atoms with van der Waals surface area (Å²) in [6, 6.07) is 5.54. The van der Waals surface area contributed by atoms with Crippen LogP contribution in [0.25, 0.3) is 10.4 Å². The van der Waals surface area contributed by atoms with Crippen molar-refractivity contribution in [2.75, 3.05) is 24.7 Å². The van der Waals surface area contributed by atoms with Gasteiger partial charge in [-0.2, -0.15) is 0 Å². The molecule has 31 heavy (non-hydrogen) atoms. The van der Waals surface area contributed by atoms with Gasteiger partial charge in [0, 0.05) is 24.8 Å². The minimum absolute atomic E-state index is 0.00530. The minimum Gasteiger partial charge on any atom is -0.350 e. The van der Waals surface area contributed by atoms with Crippen molar-refractivity contribution in [3.05, 3.63) is 29.8 Å². The summed E-state index contributed by atoms with van der Waals surface area (Å²) >= 11 is 0.923. The van der Waals surface area contributed by atoms with Gasteiger partial charge < -0.3 is 10.6 Å². The lowest BCUT2D eigenvalue weighted by atomic mass is 10.1. The van der Waals surface area contributed by atoms with Crippen LogP contribution in [-0.4, -0.2) is 56.9 Å². The van der Waals surface area contributed by atoms with Crippen molar-refractivity contribution in [2.45, 2.75) is 24.8 Å². The van der Waals surface area contributed by atoms with Crippen molar-refractivity contribution in [1.29, 1.82) is 0 Å². The molecule has 0 saturated heterocycles. The lowest BCUT2D eigenvalue weighted by Crippen LogP contribution is -2.34. The lowest BCUT2D eigenvalue weighted by molar-refractivity contribution is -0.121. The fourth-order valence-electron chi connectivity index (χ4n) is 2.36. The van der Waals surface area contributed by atoms with Gasteiger partial charge in [-0.25, -0.2) is 27.0 Å². The number of sulfone groups is 1. The molecule has 0 aliphatic heterocycles. The van der Waals surface area contributed by atoms with Crippen LogP contribution in [-0.2, 0) is 14.6 Å². The first kappa shape index (κ1) is 24.3. The predicted molar refractivity (Wildman–Crippen MR) is 111 cm³/mol. The number of benzene rings is 1. The zero-order chi connectivity index (χ0) is 23.2. The number of thiazole rings is 1. The first-order valence-electron chi connectivity index (χ1n) is 8.89. The number of carbonyl (C=O) groups is 3. The summed E-state index contributed by atoms with van der Waals surface area (Å²) < 4.78 is 48.3. The number of anilines is 1. The molecule has 1 aromatic heterocycles. The van der Waals surface area contributed by atoms with Crippen LogP contribution in [0.15, 0.2) is 29.3 Å². The molecule has 168 valence electrons. The number of alkyl halides is 2. The third-order valence-electron chi connectivity index (χ3n) is 3.81. The number of aromatic nitrogens is 1. The van der Waals surface area contributed by atoms with Gasteiger partial charge in [0.25, 0.3) is 6.43 Å². The summed E-state index contributed by atoms with van der Waals surface area (Å²) in [4.78, 5) is 39.0. The number of hydrogen-bond donors (Lipinski definition) is 3. The number of Topliss-reactive ketones (excluding diaryl/α,β-unsaturated/α-hetero) is 1. The minimum atomic E-state index is -3.72. The van der Waals surface area contributed by atoms with Gasteiger partial charge in [-0.05, 0) is 12.5 Å². The van der Waals surface area contributed by atoms with E-state index < -0.39 is 34.7 Å². The Morgan fingerprint density at radius 1 is 1.13 bits per heavy atom. The first-order valence-corrected chi connectivity index (χ1v) is 11.6. The Kier molecular flexibility index (Phi) is 8.16. The number of hydrogen-bond acceptors (Lipinski definition) is 7. The summed E-state index contributed by atoms with van der Waals surface area (Å²) in [5.41, 5.74) is 0.969. The van der Waals surface area contributed by atoms with E-state index in [4.69, 9.17) is 0 Å². The van der Waals surface area contributed by atoms with Gasteiger partial charge in [0.2, 0.25) is 5.91 Å². The van der Waals surface area contributed by atoms with Crippen LogP contribution < -0.4 is 16.0 Å². The number of rotatable bonds is 9. The molecule has 0 atom stereocenters. The van der Waals surface area contributed by atoms with Gasteiger partial charge in [-0.15, -0.1) is 0 Å². The maximum Gasteiger partial charge on any atom is 0.321 e. The molecule has 3 amide bonds. The second-order valence-electron chi connectivity index (χ2n) is 6.39. The highest BCUT2D eigenvalue weighted by Gasteiger charge is 2.22. The van der Waals surface area contributed by atoms with Crippen LogP contribution in [0, 0.1) is 0 Å². The van der Waals surface area contributed by atoms with Crippen molar-refractivity contribution in [2.24, 2.45) is 0 Å². The Bertz CT molecular complexity index is 1070. The molecule has 1 heterocycles. The van der Waals surface area contributed by atoms with Gasteiger partial charge in [0.05, 0.1) is 11.4 Å². The van der Waals surface area contributed by atoms with Crippen molar-refractivity contribution in [3.8, 4) is 10.4 Å². The molecule has 0 bridgehead atoms. The Balaban J connectivity index is 2.08. The number of nitrogens with zero attached hydrogens (tertiary/aromatic N) is 1. The molecule has 13 heteroatoms. The lowest BCUT2D eigenvalue weighted by Gasteiger charge is -2.06. The van der Waals surface area contributed by atoms with Crippen LogP contribution in [0.1, 0.15) is 23.7 Å². The Morgan fingerprint density at radius 3 is 2.32 bits per heavy atom. The Hall–Kier alpha value is -2.93. The van der Waals surface area contributed by atoms with E-state index in [-0.39, 0.29) is 28.9 Å². The fourth-order valence-corrected chi connectivity index (χ4v) is 4.57. The van der Waals surface area contributed by atoms with Crippen LogP contribution in [0.4, 0.5) is 18.7 Å². The summed E-state index contributed by atoms with van der Waals surface area (Å²) in [7, 11) is -3.72. The zero-order valence-corrected chi connectivity index (χ0v) is 18.2. The monoisotopic (exact) mass is 474 g/mol. The van der Waals surface area contributed by atoms with Crippen molar-refractivity contribution >= 4 is 44.0 Å². The average molecular weight is 475 g/mol. The van der Waals surface area contributed by atoms with Crippen LogP contribution >= 0.6 is 11.3 Å². The van der Waals surface area contributed by atoms with Crippen molar-refractivity contribution < 1.29 is 31.6 Å². The molecule has 2 aromatic rings. The molecular weight excluding hydrogens is 454 g/mol. The standard InChI is InChI=1S/C18H20F2N4O5S2/c1-10(25)11-3-5-12(6-4-11)15-16(31(2,28)29)23-18(30-15)24-17(27)21-8-7-14(26)22-9-13(19)20/h3-6,13H,7-9H2,1-2H3,(H,22,26)(H2,21,23,24,27). The highest BCUT2D eigenvalue weighted by Crippen LogP contribution is 2.35. The molecule has 0 radical (unpaired) electrons. The smallest absolute Gasteiger partial charge is 0.321 e. The molecule has 3 N–H and O–H groups in total. The van der Waals surface area contributed by atoms with Gasteiger partial charge in [0.1, 0.15) is 0 Å². The molecule has 0 saturated carbocycles. The van der Waals surface area contributed by atoms with E-state index in [1.54, 1.807) is 24.3 Å². The summed E-state index contributed by atoms with van der Waals surface area (Å²) in [5, 5.41) is 6.52. The van der Waals surface area contributed by atoms with Gasteiger partial charge in [0.15, 0.2) is 25.8 Å². The summed E-state index contributed by atoms with van der Waals surface area (Å²) in [5.74, 6) is -0.786. The number of ketones is 1. The number of amides is 3. The van der Waals surface area contributed by atoms with E-state index in [0.717, 1.165) is 17.6 Å². The Morgan fingerprint density at radius 2 is 1.77 bits per heavy atom. The number of carbonyl (C=O) groups excluding carboxylic acids is 3. The number of halogens is 2. The zero-order valence-electron chi connectivity index (χ0n) is 16.6. The molecule has 2 rings (SSSR count). The van der Waals surface area contributed by atoms with E-state index >= 15 is 0 Å². The van der Waals surface area contributed by atoms with Gasteiger partial charge in [-0.1, -0.05) is 35.6 Å².